The van der Waals surface area contributed by atoms with Crippen LogP contribution in [-0.4, -0.2) is 48.2 Å². The van der Waals surface area contributed by atoms with Gasteiger partial charge >= 0.3 is 6.01 Å². The van der Waals surface area contributed by atoms with Crippen molar-refractivity contribution in [2.75, 3.05) is 37.0 Å². The molecule has 0 amide bonds. The van der Waals surface area contributed by atoms with E-state index in [0.717, 1.165) is 43.7 Å². The minimum absolute atomic E-state index is 0.330. The Morgan fingerprint density at radius 2 is 2.21 bits per heavy atom. The second-order valence-electron chi connectivity index (χ2n) is 4.27. The predicted octanol–water partition coefficient (Wildman–Crippen LogP) is 2.52. The zero-order valence-electron chi connectivity index (χ0n) is 10.8. The minimum atomic E-state index is 0.330. The fraction of sp³-hybridized carbons (Fsp3) is 0.667. The van der Waals surface area contributed by atoms with Crippen LogP contribution in [0.1, 0.15) is 12.8 Å². The topological polar surface area (TPSA) is 47.5 Å². The number of hydrogen-bond donors (Lipinski definition) is 0. The van der Waals surface area contributed by atoms with E-state index in [1.165, 1.54) is 0 Å². The molecule has 2 rings (SSSR count). The maximum Gasteiger partial charge on any atom is 0.318 e. The molecule has 1 fully saturated rings. The summed E-state index contributed by atoms with van der Waals surface area (Å²) in [4.78, 5) is 10.5. The van der Waals surface area contributed by atoms with Gasteiger partial charge in [-0.05, 0) is 12.8 Å². The van der Waals surface area contributed by atoms with Gasteiger partial charge in [0.15, 0.2) is 5.82 Å². The zero-order valence-corrected chi connectivity index (χ0v) is 13.2. The maximum atomic E-state index is 6.15. The van der Waals surface area contributed by atoms with E-state index in [4.69, 9.17) is 21.1 Å². The van der Waals surface area contributed by atoms with Crippen molar-refractivity contribution in [3.8, 4) is 6.01 Å². The lowest BCUT2D eigenvalue weighted by Crippen LogP contribution is -2.38. The first-order chi connectivity index (χ1) is 9.24. The third-order valence-corrected chi connectivity index (χ3v) is 3.65. The number of anilines is 1. The van der Waals surface area contributed by atoms with E-state index < -0.39 is 0 Å². The summed E-state index contributed by atoms with van der Waals surface area (Å²) in [6.45, 7) is 2.52. The predicted molar refractivity (Wildman–Crippen MR) is 78.6 cm³/mol. The second-order valence-corrected chi connectivity index (χ2v) is 5.47. The van der Waals surface area contributed by atoms with Crippen LogP contribution in [0.3, 0.4) is 0 Å². The number of alkyl halides is 1. The van der Waals surface area contributed by atoms with Crippen LogP contribution in [0, 0.1) is 0 Å². The monoisotopic (exact) mass is 349 g/mol. The summed E-state index contributed by atoms with van der Waals surface area (Å²) in [5, 5.41) is 1.43. The third-order valence-electron chi connectivity index (χ3n) is 3.06. The fourth-order valence-corrected chi connectivity index (χ4v) is 2.51. The Bertz CT molecular complexity index is 414. The summed E-state index contributed by atoms with van der Waals surface area (Å²) in [6.07, 6.45) is 3.87. The maximum absolute atomic E-state index is 6.15. The molecule has 0 aliphatic carbocycles. The Hall–Kier alpha value is -0.590. The molecule has 1 aliphatic rings. The van der Waals surface area contributed by atoms with E-state index in [1.807, 2.05) is 0 Å². The summed E-state index contributed by atoms with van der Waals surface area (Å²) < 4.78 is 10.8. The third kappa shape index (κ3) is 3.94. The molecule has 0 spiro atoms. The zero-order chi connectivity index (χ0) is 13.7. The molecular weight excluding hydrogens is 334 g/mol. The molecule has 1 aliphatic heterocycles. The first kappa shape index (κ1) is 14.8. The first-order valence-corrected chi connectivity index (χ1v) is 7.73. The number of halogens is 2. The van der Waals surface area contributed by atoms with Gasteiger partial charge in [-0.1, -0.05) is 27.5 Å². The molecule has 1 aromatic heterocycles. The molecule has 106 valence electrons. The van der Waals surface area contributed by atoms with E-state index in [1.54, 1.807) is 13.3 Å². The van der Waals surface area contributed by atoms with Crippen molar-refractivity contribution in [1.29, 1.82) is 0 Å². The molecule has 19 heavy (non-hydrogen) atoms. The second kappa shape index (κ2) is 7.26. The normalized spacial score (nSPS) is 16.7. The molecule has 0 unspecified atom stereocenters. The summed E-state index contributed by atoms with van der Waals surface area (Å²) in [5.41, 5.74) is 0. The van der Waals surface area contributed by atoms with Crippen LogP contribution in [-0.2, 0) is 4.74 Å². The summed E-state index contributed by atoms with van der Waals surface area (Å²) in [5.74, 6) is 0.743. The summed E-state index contributed by atoms with van der Waals surface area (Å²) >= 11 is 9.51. The molecule has 1 saturated heterocycles. The number of nitrogens with zero attached hydrogens (tertiary/aromatic N) is 3. The van der Waals surface area contributed by atoms with Gasteiger partial charge in [-0.3, -0.25) is 0 Å². The highest BCUT2D eigenvalue weighted by atomic mass is 79.9. The molecule has 0 atom stereocenters. The average molecular weight is 351 g/mol. The number of rotatable bonds is 5. The van der Waals surface area contributed by atoms with E-state index in [9.17, 15) is 0 Å². The number of hydrogen-bond acceptors (Lipinski definition) is 5. The van der Waals surface area contributed by atoms with E-state index >= 15 is 0 Å². The number of aromatic nitrogens is 2. The highest BCUT2D eigenvalue weighted by Crippen LogP contribution is 2.27. The van der Waals surface area contributed by atoms with Crippen molar-refractivity contribution in [3.05, 3.63) is 11.2 Å². The van der Waals surface area contributed by atoms with Crippen LogP contribution in [0.25, 0.3) is 0 Å². The Morgan fingerprint density at radius 3 is 2.84 bits per heavy atom. The molecule has 0 bridgehead atoms. The lowest BCUT2D eigenvalue weighted by molar-refractivity contribution is 0.0480. The quantitative estimate of drug-likeness (QED) is 0.764. The van der Waals surface area contributed by atoms with Crippen molar-refractivity contribution in [2.24, 2.45) is 0 Å². The van der Waals surface area contributed by atoms with Gasteiger partial charge in [0.1, 0.15) is 5.02 Å². The Kier molecular flexibility index (Phi) is 5.66. The molecule has 2 heterocycles. The molecule has 0 saturated carbocycles. The van der Waals surface area contributed by atoms with Gasteiger partial charge in [0.05, 0.1) is 26.0 Å². The van der Waals surface area contributed by atoms with Crippen LogP contribution in [0.4, 0.5) is 5.82 Å². The molecule has 0 aromatic carbocycles. The number of methoxy groups -OCH3 is 1. The summed E-state index contributed by atoms with van der Waals surface area (Å²) in [7, 11) is 1.55. The van der Waals surface area contributed by atoms with Gasteiger partial charge < -0.3 is 14.4 Å². The van der Waals surface area contributed by atoms with Gasteiger partial charge in [-0.2, -0.15) is 4.98 Å². The standard InChI is InChI=1S/C12H17BrClN3O2/c1-18-12-15-8-10(14)11(16-12)17-5-2-9(3-6-17)19-7-4-13/h8-9H,2-7H2,1H3. The van der Waals surface area contributed by atoms with Crippen LogP contribution >= 0.6 is 27.5 Å². The van der Waals surface area contributed by atoms with Crippen LogP contribution in [0.5, 0.6) is 6.01 Å². The van der Waals surface area contributed by atoms with Crippen molar-refractivity contribution >= 4 is 33.3 Å². The SMILES string of the molecule is COc1ncc(Cl)c(N2CCC(OCCBr)CC2)n1. The molecule has 0 N–H and O–H groups in total. The highest BCUT2D eigenvalue weighted by molar-refractivity contribution is 9.09. The molecule has 7 heteroatoms. The van der Waals surface area contributed by atoms with Gasteiger partial charge in [-0.25, -0.2) is 4.98 Å². The van der Waals surface area contributed by atoms with Crippen molar-refractivity contribution in [3.63, 3.8) is 0 Å². The lowest BCUT2D eigenvalue weighted by Gasteiger charge is -2.33. The van der Waals surface area contributed by atoms with Crippen molar-refractivity contribution in [1.82, 2.24) is 9.97 Å². The minimum Gasteiger partial charge on any atom is -0.467 e. The van der Waals surface area contributed by atoms with Crippen molar-refractivity contribution in [2.45, 2.75) is 18.9 Å². The molecule has 0 radical (unpaired) electrons. The van der Waals surface area contributed by atoms with Gasteiger partial charge in [-0.15, -0.1) is 0 Å². The van der Waals surface area contributed by atoms with Crippen LogP contribution in [0.2, 0.25) is 5.02 Å². The average Bonchev–Trinajstić information content (AvgIpc) is 2.46. The van der Waals surface area contributed by atoms with Crippen molar-refractivity contribution < 1.29 is 9.47 Å². The largest absolute Gasteiger partial charge is 0.467 e. The first-order valence-electron chi connectivity index (χ1n) is 6.23. The Morgan fingerprint density at radius 1 is 1.47 bits per heavy atom. The number of piperidine rings is 1. The van der Waals surface area contributed by atoms with Gasteiger partial charge in [0, 0.05) is 18.4 Å². The van der Waals surface area contributed by atoms with Gasteiger partial charge in [0.25, 0.3) is 0 Å². The van der Waals surface area contributed by atoms with E-state index in [-0.39, 0.29) is 0 Å². The smallest absolute Gasteiger partial charge is 0.318 e. The van der Waals surface area contributed by atoms with E-state index in [2.05, 4.69) is 30.8 Å². The lowest BCUT2D eigenvalue weighted by atomic mass is 10.1. The molecular formula is C12H17BrClN3O2. The molecule has 5 nitrogen and oxygen atoms in total. The highest BCUT2D eigenvalue weighted by Gasteiger charge is 2.22. The Labute approximate surface area is 126 Å². The fourth-order valence-electron chi connectivity index (χ4n) is 2.11. The molecule has 1 aromatic rings. The Balaban J connectivity index is 1.97. The van der Waals surface area contributed by atoms with Crippen LogP contribution < -0.4 is 9.64 Å². The van der Waals surface area contributed by atoms with Crippen LogP contribution in [0.15, 0.2) is 6.20 Å². The van der Waals surface area contributed by atoms with Gasteiger partial charge in [0.2, 0.25) is 0 Å². The van der Waals surface area contributed by atoms with E-state index in [0.29, 0.717) is 17.1 Å². The summed E-state index contributed by atoms with van der Waals surface area (Å²) in [6, 6.07) is 0.345. The number of ether oxygens (including phenoxy) is 2.